The quantitative estimate of drug-likeness (QED) is 0.753. The lowest BCUT2D eigenvalue weighted by Crippen LogP contribution is -2.20. The molecular formula is C13H15N5O2. The van der Waals surface area contributed by atoms with Crippen molar-refractivity contribution < 1.29 is 9.59 Å². The number of aromatic nitrogens is 2. The van der Waals surface area contributed by atoms with E-state index in [-0.39, 0.29) is 18.4 Å². The zero-order chi connectivity index (χ0) is 14.5. The number of rotatable bonds is 4. The smallest absolute Gasteiger partial charge is 0.251 e. The molecular weight excluding hydrogens is 258 g/mol. The molecule has 0 fully saturated rings. The number of nitrogens with zero attached hydrogens (tertiary/aromatic N) is 2. The van der Waals surface area contributed by atoms with Gasteiger partial charge in [-0.3, -0.25) is 14.3 Å². The molecule has 4 N–H and O–H groups in total. The Morgan fingerprint density at radius 3 is 2.85 bits per heavy atom. The van der Waals surface area contributed by atoms with Gasteiger partial charge in [0, 0.05) is 24.5 Å². The fourth-order valence-electron chi connectivity index (χ4n) is 1.70. The molecule has 2 aromatic rings. The number of hydrogen-bond acceptors (Lipinski definition) is 4. The maximum Gasteiger partial charge on any atom is 0.251 e. The SMILES string of the molecule is CNC(=O)c1cccc(NC(=O)Cn2cc(N)cn2)c1. The molecule has 1 heterocycles. The lowest BCUT2D eigenvalue weighted by molar-refractivity contribution is -0.116. The minimum atomic E-state index is -0.248. The van der Waals surface area contributed by atoms with Gasteiger partial charge < -0.3 is 16.4 Å². The number of nitrogens with two attached hydrogens (primary N) is 1. The molecule has 0 radical (unpaired) electrons. The van der Waals surface area contributed by atoms with Gasteiger partial charge in [-0.05, 0) is 18.2 Å². The van der Waals surface area contributed by atoms with Crippen LogP contribution in [0.1, 0.15) is 10.4 Å². The van der Waals surface area contributed by atoms with Crippen LogP contribution in [-0.2, 0) is 11.3 Å². The van der Waals surface area contributed by atoms with Crippen molar-refractivity contribution in [2.24, 2.45) is 0 Å². The van der Waals surface area contributed by atoms with Crippen LogP contribution >= 0.6 is 0 Å². The highest BCUT2D eigenvalue weighted by molar-refractivity contribution is 5.96. The number of nitrogen functional groups attached to an aromatic ring is 1. The lowest BCUT2D eigenvalue weighted by Gasteiger charge is -2.07. The van der Waals surface area contributed by atoms with Crippen LogP contribution in [0.3, 0.4) is 0 Å². The third-order valence-electron chi connectivity index (χ3n) is 2.59. The van der Waals surface area contributed by atoms with Gasteiger partial charge in [-0.2, -0.15) is 5.10 Å². The van der Waals surface area contributed by atoms with Gasteiger partial charge in [0.15, 0.2) is 0 Å². The van der Waals surface area contributed by atoms with E-state index in [1.54, 1.807) is 37.5 Å². The van der Waals surface area contributed by atoms with Gasteiger partial charge in [0.2, 0.25) is 5.91 Å². The maximum absolute atomic E-state index is 11.8. The minimum Gasteiger partial charge on any atom is -0.396 e. The Morgan fingerprint density at radius 1 is 1.40 bits per heavy atom. The third-order valence-corrected chi connectivity index (χ3v) is 2.59. The summed E-state index contributed by atoms with van der Waals surface area (Å²) >= 11 is 0. The fourth-order valence-corrected chi connectivity index (χ4v) is 1.70. The molecule has 0 bridgehead atoms. The van der Waals surface area contributed by atoms with E-state index in [0.717, 1.165) is 0 Å². The van der Waals surface area contributed by atoms with Gasteiger partial charge in [0.25, 0.3) is 5.91 Å². The van der Waals surface area contributed by atoms with Gasteiger partial charge in [-0.25, -0.2) is 0 Å². The van der Waals surface area contributed by atoms with Gasteiger partial charge in [0.05, 0.1) is 11.9 Å². The first-order valence-electron chi connectivity index (χ1n) is 5.98. The van der Waals surface area contributed by atoms with Crippen molar-refractivity contribution in [3.05, 3.63) is 42.2 Å². The summed E-state index contributed by atoms with van der Waals surface area (Å²) in [5.41, 5.74) is 7.05. The molecule has 0 atom stereocenters. The van der Waals surface area contributed by atoms with Crippen LogP contribution in [0.4, 0.5) is 11.4 Å². The molecule has 20 heavy (non-hydrogen) atoms. The highest BCUT2D eigenvalue weighted by Crippen LogP contribution is 2.10. The van der Waals surface area contributed by atoms with E-state index in [4.69, 9.17) is 5.73 Å². The Balaban J connectivity index is 2.02. The first-order valence-corrected chi connectivity index (χ1v) is 5.98. The number of hydrogen-bond donors (Lipinski definition) is 3. The van der Waals surface area contributed by atoms with E-state index in [1.165, 1.54) is 10.9 Å². The summed E-state index contributed by atoms with van der Waals surface area (Å²) in [6.07, 6.45) is 3.04. The maximum atomic E-state index is 11.8. The molecule has 7 nitrogen and oxygen atoms in total. The van der Waals surface area contributed by atoms with E-state index in [1.807, 2.05) is 0 Å². The van der Waals surface area contributed by atoms with E-state index in [2.05, 4.69) is 15.7 Å². The second kappa shape index (κ2) is 5.87. The molecule has 104 valence electrons. The van der Waals surface area contributed by atoms with Gasteiger partial charge in [-0.1, -0.05) is 6.07 Å². The molecule has 0 aliphatic carbocycles. The molecule has 0 aliphatic heterocycles. The van der Waals surface area contributed by atoms with Crippen LogP contribution in [0.25, 0.3) is 0 Å². The van der Waals surface area contributed by atoms with Crippen molar-refractivity contribution in [2.45, 2.75) is 6.54 Å². The van der Waals surface area contributed by atoms with Crippen LogP contribution in [0.5, 0.6) is 0 Å². The molecule has 2 amide bonds. The summed E-state index contributed by atoms with van der Waals surface area (Å²) in [6.45, 7) is 0.0569. The molecule has 0 saturated heterocycles. The number of benzene rings is 1. The molecule has 1 aromatic heterocycles. The van der Waals surface area contributed by atoms with E-state index < -0.39 is 0 Å². The standard InChI is InChI=1S/C13H15N5O2/c1-15-13(20)9-3-2-4-11(5-9)17-12(19)8-18-7-10(14)6-16-18/h2-7H,8,14H2,1H3,(H,15,20)(H,17,19). The van der Waals surface area contributed by atoms with Crippen molar-refractivity contribution in [3.63, 3.8) is 0 Å². The van der Waals surface area contributed by atoms with Crippen molar-refractivity contribution in [1.29, 1.82) is 0 Å². The van der Waals surface area contributed by atoms with Crippen LogP contribution < -0.4 is 16.4 Å². The summed E-state index contributed by atoms with van der Waals surface area (Å²) in [4.78, 5) is 23.3. The Kier molecular flexibility index (Phi) is 3.99. The Morgan fingerprint density at radius 2 is 2.20 bits per heavy atom. The van der Waals surface area contributed by atoms with Crippen LogP contribution in [0, 0.1) is 0 Å². The Bertz CT molecular complexity index is 635. The van der Waals surface area contributed by atoms with Gasteiger partial charge in [-0.15, -0.1) is 0 Å². The zero-order valence-corrected chi connectivity index (χ0v) is 11.0. The minimum absolute atomic E-state index is 0.0569. The average Bonchev–Trinajstić information content (AvgIpc) is 2.83. The highest BCUT2D eigenvalue weighted by Gasteiger charge is 2.07. The summed E-state index contributed by atoms with van der Waals surface area (Å²) in [6, 6.07) is 6.69. The average molecular weight is 273 g/mol. The van der Waals surface area contributed by atoms with E-state index in [9.17, 15) is 9.59 Å². The van der Waals surface area contributed by atoms with E-state index in [0.29, 0.717) is 16.9 Å². The second-order valence-corrected chi connectivity index (χ2v) is 4.18. The van der Waals surface area contributed by atoms with Crippen molar-refractivity contribution in [1.82, 2.24) is 15.1 Å². The number of anilines is 2. The summed E-state index contributed by atoms with van der Waals surface area (Å²) < 4.78 is 1.44. The summed E-state index contributed by atoms with van der Waals surface area (Å²) in [5, 5.41) is 9.15. The van der Waals surface area contributed by atoms with Crippen LogP contribution in [0.15, 0.2) is 36.7 Å². The summed E-state index contributed by atoms with van der Waals surface area (Å²) in [7, 11) is 1.55. The Hall–Kier alpha value is -2.83. The predicted molar refractivity (Wildman–Crippen MR) is 75.1 cm³/mol. The molecule has 0 spiro atoms. The molecule has 1 aromatic carbocycles. The molecule has 0 unspecified atom stereocenters. The van der Waals surface area contributed by atoms with Crippen molar-refractivity contribution in [2.75, 3.05) is 18.1 Å². The number of nitrogens with one attached hydrogen (secondary N) is 2. The third kappa shape index (κ3) is 3.35. The lowest BCUT2D eigenvalue weighted by atomic mass is 10.2. The van der Waals surface area contributed by atoms with Crippen molar-refractivity contribution in [3.8, 4) is 0 Å². The largest absolute Gasteiger partial charge is 0.396 e. The number of carbonyl (C=O) groups is 2. The summed E-state index contributed by atoms with van der Waals surface area (Å²) in [5.74, 6) is -0.455. The van der Waals surface area contributed by atoms with Crippen LogP contribution in [0.2, 0.25) is 0 Å². The Labute approximate surface area is 115 Å². The normalized spacial score (nSPS) is 10.1. The topological polar surface area (TPSA) is 102 Å². The number of amides is 2. The first kappa shape index (κ1) is 13.6. The van der Waals surface area contributed by atoms with E-state index >= 15 is 0 Å². The van der Waals surface area contributed by atoms with Crippen molar-refractivity contribution >= 4 is 23.2 Å². The predicted octanol–water partition coefficient (Wildman–Crippen LogP) is 0.464. The van der Waals surface area contributed by atoms with Crippen LogP contribution in [-0.4, -0.2) is 28.6 Å². The molecule has 7 heteroatoms. The molecule has 0 saturated carbocycles. The first-order chi connectivity index (χ1) is 9.58. The highest BCUT2D eigenvalue weighted by atomic mass is 16.2. The fraction of sp³-hybridized carbons (Fsp3) is 0.154. The van der Waals surface area contributed by atoms with Gasteiger partial charge >= 0.3 is 0 Å². The molecule has 0 aliphatic rings. The number of carbonyl (C=O) groups excluding carboxylic acids is 2. The zero-order valence-electron chi connectivity index (χ0n) is 11.0. The van der Waals surface area contributed by atoms with Gasteiger partial charge in [0.1, 0.15) is 6.54 Å². The molecule has 2 rings (SSSR count). The monoisotopic (exact) mass is 273 g/mol. The second-order valence-electron chi connectivity index (χ2n) is 4.18.